The molecule has 1 aromatic heterocycles. The molecule has 0 saturated carbocycles. The lowest BCUT2D eigenvalue weighted by atomic mass is 10.0. The summed E-state index contributed by atoms with van der Waals surface area (Å²) in [6.07, 6.45) is 1.42. The molecule has 0 unspecified atom stereocenters. The largest absolute Gasteiger partial charge is 0.456 e. The second kappa shape index (κ2) is 10.5. The Bertz CT molecular complexity index is 1490. The first kappa shape index (κ1) is 24.1. The molecule has 0 radical (unpaired) electrons. The second-order valence-electron chi connectivity index (χ2n) is 7.83. The molecule has 0 atom stereocenters. The summed E-state index contributed by atoms with van der Waals surface area (Å²) in [5, 5.41) is 1.73. The molecule has 3 aromatic carbocycles. The van der Waals surface area contributed by atoms with Crippen LogP contribution in [0.5, 0.6) is 0 Å². The number of sulfonamides is 1. The molecule has 4 rings (SSSR count). The van der Waals surface area contributed by atoms with Gasteiger partial charge in [0.2, 0.25) is 15.8 Å². The maximum absolute atomic E-state index is 13.2. The Morgan fingerprint density at radius 1 is 0.914 bits per heavy atom. The number of fused-ring (bicyclic) bond motifs is 1. The Kier molecular flexibility index (Phi) is 7.24. The van der Waals surface area contributed by atoms with Crippen LogP contribution >= 0.6 is 0 Å². The number of carbonyl (C=O) groups is 2. The van der Waals surface area contributed by atoms with Crippen LogP contribution in [-0.4, -0.2) is 37.9 Å². The van der Waals surface area contributed by atoms with Gasteiger partial charge in [0.05, 0.1) is 11.3 Å². The molecule has 0 fully saturated rings. The molecule has 7 nitrogen and oxygen atoms in total. The van der Waals surface area contributed by atoms with E-state index < -0.39 is 29.1 Å². The zero-order chi connectivity index (χ0) is 24.8. The van der Waals surface area contributed by atoms with E-state index in [2.05, 4.69) is 4.72 Å². The third kappa shape index (κ3) is 5.74. The average molecular weight is 489 g/mol. The predicted octanol–water partition coefficient (Wildman–Crippen LogP) is 4.16. The van der Waals surface area contributed by atoms with Gasteiger partial charge < -0.3 is 9.30 Å². The minimum absolute atomic E-state index is 0.374. The van der Waals surface area contributed by atoms with Gasteiger partial charge in [0.1, 0.15) is 6.54 Å². The Morgan fingerprint density at radius 3 is 2.26 bits per heavy atom. The van der Waals surface area contributed by atoms with E-state index in [4.69, 9.17) is 4.74 Å². The molecule has 1 heterocycles. The summed E-state index contributed by atoms with van der Waals surface area (Å²) in [6, 6.07) is 25.9. The topological polar surface area (TPSA) is 94.5 Å². The predicted molar refractivity (Wildman–Crippen MR) is 136 cm³/mol. The minimum Gasteiger partial charge on any atom is -0.456 e. The molecule has 0 spiro atoms. The van der Waals surface area contributed by atoms with Crippen molar-refractivity contribution < 1.29 is 22.7 Å². The fourth-order valence-corrected chi connectivity index (χ4v) is 4.57. The standard InChI is InChI=1S/C27H24N2O5S/c1-29-23-15-9-8-14-22(23)26(27(29)21-12-6-3-7-13-21)24(30)19-34-25(31)18-28-35(32,33)17-16-20-10-4-2-5-11-20/h2-17,28H,18-19H2,1H3/b17-16+. The fourth-order valence-electron chi connectivity index (χ4n) is 3.82. The van der Waals surface area contributed by atoms with E-state index in [0.717, 1.165) is 27.6 Å². The Hall–Kier alpha value is -4.01. The number of ether oxygens (including phenoxy) is 1. The molecule has 4 aromatic rings. The van der Waals surface area contributed by atoms with Crippen LogP contribution in [0.1, 0.15) is 15.9 Å². The Labute approximate surface area is 203 Å². The van der Waals surface area contributed by atoms with E-state index in [-0.39, 0.29) is 5.78 Å². The number of aromatic nitrogens is 1. The van der Waals surface area contributed by atoms with E-state index in [1.165, 1.54) is 6.08 Å². The first-order valence-electron chi connectivity index (χ1n) is 10.9. The summed E-state index contributed by atoms with van der Waals surface area (Å²) < 4.78 is 33.5. The molecule has 0 amide bonds. The number of nitrogens with one attached hydrogen (secondary N) is 1. The number of Topliss-reactive ketones (excluding diaryl/α,β-unsaturated/α-hetero) is 1. The number of hydrogen-bond donors (Lipinski definition) is 1. The van der Waals surface area contributed by atoms with Crippen LogP contribution in [0.3, 0.4) is 0 Å². The van der Waals surface area contributed by atoms with Crippen molar-refractivity contribution >= 4 is 38.8 Å². The zero-order valence-corrected chi connectivity index (χ0v) is 19.9. The van der Waals surface area contributed by atoms with E-state index in [1.54, 1.807) is 24.3 Å². The molecule has 1 N–H and O–H groups in total. The average Bonchev–Trinajstić information content (AvgIpc) is 3.18. The molecule has 0 aliphatic heterocycles. The van der Waals surface area contributed by atoms with Crippen LogP contribution in [0.2, 0.25) is 0 Å². The number of nitrogens with zero attached hydrogens (tertiary/aromatic N) is 1. The fraction of sp³-hybridized carbons (Fsp3) is 0.111. The monoisotopic (exact) mass is 488 g/mol. The third-order valence-corrected chi connectivity index (χ3v) is 6.50. The number of carbonyl (C=O) groups excluding carboxylic acids is 2. The van der Waals surface area contributed by atoms with Crippen LogP contribution in [0.4, 0.5) is 0 Å². The van der Waals surface area contributed by atoms with Crippen molar-refractivity contribution in [3.05, 3.63) is 101 Å². The SMILES string of the molecule is Cn1c(-c2ccccc2)c(C(=O)COC(=O)CNS(=O)(=O)/C=C/c2ccccc2)c2ccccc21. The summed E-state index contributed by atoms with van der Waals surface area (Å²) in [5.41, 5.74) is 3.61. The highest BCUT2D eigenvalue weighted by Crippen LogP contribution is 2.33. The van der Waals surface area contributed by atoms with Crippen molar-refractivity contribution in [1.29, 1.82) is 0 Å². The number of rotatable bonds is 9. The van der Waals surface area contributed by atoms with E-state index in [1.807, 2.05) is 72.3 Å². The summed E-state index contributed by atoms with van der Waals surface area (Å²) in [4.78, 5) is 25.4. The summed E-state index contributed by atoms with van der Waals surface area (Å²) in [6.45, 7) is -1.09. The molecular weight excluding hydrogens is 464 g/mol. The Balaban J connectivity index is 1.45. The van der Waals surface area contributed by atoms with Gasteiger partial charge in [0.15, 0.2) is 6.61 Å². The van der Waals surface area contributed by atoms with Gasteiger partial charge in [-0.15, -0.1) is 0 Å². The highest BCUT2D eigenvalue weighted by Gasteiger charge is 2.23. The maximum atomic E-state index is 13.2. The van der Waals surface area contributed by atoms with Crippen molar-refractivity contribution in [1.82, 2.24) is 9.29 Å². The van der Waals surface area contributed by atoms with Crippen molar-refractivity contribution in [2.24, 2.45) is 7.05 Å². The van der Waals surface area contributed by atoms with Crippen LogP contribution in [-0.2, 0) is 26.6 Å². The van der Waals surface area contributed by atoms with Crippen LogP contribution < -0.4 is 4.72 Å². The number of para-hydroxylation sites is 1. The number of benzene rings is 3. The van der Waals surface area contributed by atoms with Gasteiger partial charge in [-0.05, 0) is 23.3 Å². The molecule has 178 valence electrons. The van der Waals surface area contributed by atoms with Crippen LogP contribution in [0.15, 0.2) is 90.3 Å². The van der Waals surface area contributed by atoms with Gasteiger partial charge in [-0.2, -0.15) is 0 Å². The molecule has 0 aliphatic rings. The van der Waals surface area contributed by atoms with E-state index >= 15 is 0 Å². The van der Waals surface area contributed by atoms with Crippen LogP contribution in [0.25, 0.3) is 28.2 Å². The van der Waals surface area contributed by atoms with Crippen molar-refractivity contribution in [3.63, 3.8) is 0 Å². The van der Waals surface area contributed by atoms with E-state index in [0.29, 0.717) is 11.1 Å². The lowest BCUT2D eigenvalue weighted by Crippen LogP contribution is -2.30. The molecule has 8 heteroatoms. The van der Waals surface area contributed by atoms with Gasteiger partial charge in [-0.1, -0.05) is 78.9 Å². The summed E-state index contributed by atoms with van der Waals surface area (Å²) in [5.74, 6) is -1.22. The number of ketones is 1. The third-order valence-electron chi connectivity index (χ3n) is 5.45. The molecule has 0 saturated heterocycles. The highest BCUT2D eigenvalue weighted by atomic mass is 32.2. The highest BCUT2D eigenvalue weighted by molar-refractivity contribution is 7.92. The van der Waals surface area contributed by atoms with Gasteiger partial charge in [0.25, 0.3) is 0 Å². The van der Waals surface area contributed by atoms with Gasteiger partial charge >= 0.3 is 5.97 Å². The lowest BCUT2D eigenvalue weighted by molar-refractivity contribution is -0.141. The summed E-state index contributed by atoms with van der Waals surface area (Å²) >= 11 is 0. The van der Waals surface area contributed by atoms with Gasteiger partial charge in [0, 0.05) is 23.4 Å². The number of aryl methyl sites for hydroxylation is 1. The molecule has 0 aliphatic carbocycles. The van der Waals surface area contributed by atoms with Crippen LogP contribution in [0, 0.1) is 0 Å². The first-order valence-corrected chi connectivity index (χ1v) is 12.4. The number of esters is 1. The lowest BCUT2D eigenvalue weighted by Gasteiger charge is -2.09. The first-order chi connectivity index (χ1) is 16.9. The van der Waals surface area contributed by atoms with Gasteiger partial charge in [-0.25, -0.2) is 13.1 Å². The van der Waals surface area contributed by atoms with Crippen molar-refractivity contribution in [3.8, 4) is 11.3 Å². The molecule has 0 bridgehead atoms. The quantitative estimate of drug-likeness (QED) is 0.282. The van der Waals surface area contributed by atoms with Gasteiger partial charge in [-0.3, -0.25) is 9.59 Å². The van der Waals surface area contributed by atoms with Crippen molar-refractivity contribution in [2.45, 2.75) is 0 Å². The summed E-state index contributed by atoms with van der Waals surface area (Å²) in [7, 11) is -1.97. The van der Waals surface area contributed by atoms with Crippen molar-refractivity contribution in [2.75, 3.05) is 13.2 Å². The number of hydrogen-bond acceptors (Lipinski definition) is 5. The molecular formula is C27H24N2O5S. The van der Waals surface area contributed by atoms with E-state index in [9.17, 15) is 18.0 Å². The minimum atomic E-state index is -3.85. The maximum Gasteiger partial charge on any atom is 0.321 e. The normalized spacial score (nSPS) is 11.7. The Morgan fingerprint density at radius 2 is 1.54 bits per heavy atom. The second-order valence-corrected chi connectivity index (χ2v) is 9.48. The molecule has 35 heavy (non-hydrogen) atoms. The zero-order valence-electron chi connectivity index (χ0n) is 19.0. The smallest absolute Gasteiger partial charge is 0.321 e.